The third kappa shape index (κ3) is 3.67. The topological polar surface area (TPSA) is 38.5 Å². The van der Waals surface area contributed by atoms with Gasteiger partial charge in [-0.2, -0.15) is 0 Å². The summed E-state index contributed by atoms with van der Waals surface area (Å²) < 4.78 is 18.5. The largest absolute Gasteiger partial charge is 0.494 e. The minimum atomic E-state index is -0.273. The number of aryl methyl sites for hydroxylation is 1. The molecule has 0 spiro atoms. The zero-order valence-corrected chi connectivity index (χ0v) is 11.6. The number of ether oxygens (including phenoxy) is 1. The Hall–Kier alpha value is -1.13. The molecule has 1 aliphatic rings. The molecular formula is C15H23FN2O. The summed E-state index contributed by atoms with van der Waals surface area (Å²) >= 11 is 0. The van der Waals surface area contributed by atoms with Gasteiger partial charge in [0.1, 0.15) is 0 Å². The first kappa shape index (κ1) is 14.3. The van der Waals surface area contributed by atoms with Gasteiger partial charge in [-0.05, 0) is 49.9 Å². The number of nitrogens with zero attached hydrogens (tertiary/aromatic N) is 1. The van der Waals surface area contributed by atoms with Crippen LogP contribution in [-0.2, 0) is 6.42 Å². The van der Waals surface area contributed by atoms with Crippen LogP contribution < -0.4 is 10.5 Å². The van der Waals surface area contributed by atoms with Gasteiger partial charge in [-0.25, -0.2) is 4.39 Å². The third-order valence-electron chi connectivity index (χ3n) is 3.90. The zero-order valence-electron chi connectivity index (χ0n) is 11.6. The second-order valence-electron chi connectivity index (χ2n) is 5.13. The van der Waals surface area contributed by atoms with Gasteiger partial charge in [-0.3, -0.25) is 4.90 Å². The van der Waals surface area contributed by atoms with Crippen molar-refractivity contribution >= 4 is 0 Å². The number of methoxy groups -OCH3 is 1. The van der Waals surface area contributed by atoms with E-state index in [-0.39, 0.29) is 5.82 Å². The van der Waals surface area contributed by atoms with Crippen LogP contribution >= 0.6 is 0 Å². The molecule has 2 rings (SSSR count). The summed E-state index contributed by atoms with van der Waals surface area (Å²) in [5.74, 6) is 0.0413. The lowest BCUT2D eigenvalue weighted by molar-refractivity contribution is 0.250. The standard InChI is InChI=1S/C15H23FN2O/c1-19-15-7-5-12(11-14(15)16)4-6-13-3-2-9-18(13)10-8-17/h5,7,11,13H,2-4,6,8-10,17H2,1H3. The van der Waals surface area contributed by atoms with E-state index >= 15 is 0 Å². The molecule has 0 saturated carbocycles. The van der Waals surface area contributed by atoms with Crippen molar-refractivity contribution in [3.05, 3.63) is 29.6 Å². The SMILES string of the molecule is COc1ccc(CCC2CCCN2CCN)cc1F. The van der Waals surface area contributed by atoms with Gasteiger partial charge in [0.25, 0.3) is 0 Å². The van der Waals surface area contributed by atoms with Crippen LogP contribution in [0, 0.1) is 5.82 Å². The summed E-state index contributed by atoms with van der Waals surface area (Å²) in [5.41, 5.74) is 6.66. The molecule has 1 aromatic carbocycles. The van der Waals surface area contributed by atoms with E-state index < -0.39 is 0 Å². The molecule has 1 aromatic rings. The monoisotopic (exact) mass is 266 g/mol. The van der Waals surface area contributed by atoms with Crippen LogP contribution in [0.1, 0.15) is 24.8 Å². The number of benzene rings is 1. The van der Waals surface area contributed by atoms with Gasteiger partial charge in [0.15, 0.2) is 11.6 Å². The first-order chi connectivity index (χ1) is 9.24. The molecule has 0 aliphatic carbocycles. The minimum absolute atomic E-state index is 0.273. The van der Waals surface area contributed by atoms with E-state index in [2.05, 4.69) is 4.90 Å². The van der Waals surface area contributed by atoms with E-state index in [0.717, 1.165) is 31.5 Å². The fraction of sp³-hybridized carbons (Fsp3) is 0.600. The van der Waals surface area contributed by atoms with E-state index in [1.807, 2.05) is 6.07 Å². The van der Waals surface area contributed by atoms with Gasteiger partial charge in [-0.15, -0.1) is 0 Å². The molecule has 0 bridgehead atoms. The summed E-state index contributed by atoms with van der Waals surface area (Å²) in [6.07, 6.45) is 4.47. The first-order valence-corrected chi connectivity index (χ1v) is 7.01. The van der Waals surface area contributed by atoms with E-state index in [4.69, 9.17) is 10.5 Å². The second-order valence-corrected chi connectivity index (χ2v) is 5.13. The van der Waals surface area contributed by atoms with E-state index in [1.54, 1.807) is 12.1 Å². The number of hydrogen-bond acceptors (Lipinski definition) is 3. The van der Waals surface area contributed by atoms with E-state index in [9.17, 15) is 4.39 Å². The highest BCUT2D eigenvalue weighted by atomic mass is 19.1. The van der Waals surface area contributed by atoms with Crippen LogP contribution in [0.15, 0.2) is 18.2 Å². The van der Waals surface area contributed by atoms with Gasteiger partial charge < -0.3 is 10.5 Å². The van der Waals surface area contributed by atoms with E-state index in [1.165, 1.54) is 20.0 Å². The van der Waals surface area contributed by atoms with Crippen molar-refractivity contribution in [2.24, 2.45) is 5.73 Å². The molecule has 1 aliphatic heterocycles. The predicted octanol–water partition coefficient (Wildman–Crippen LogP) is 2.19. The Morgan fingerprint density at radius 3 is 3.00 bits per heavy atom. The number of nitrogens with two attached hydrogens (primary N) is 1. The average molecular weight is 266 g/mol. The lowest BCUT2D eigenvalue weighted by Crippen LogP contribution is -2.34. The highest BCUT2D eigenvalue weighted by molar-refractivity contribution is 5.29. The van der Waals surface area contributed by atoms with Crippen molar-refractivity contribution in [1.29, 1.82) is 0 Å². The van der Waals surface area contributed by atoms with Crippen LogP contribution in [0.2, 0.25) is 0 Å². The van der Waals surface area contributed by atoms with Gasteiger partial charge in [-0.1, -0.05) is 6.07 Å². The molecule has 1 fully saturated rings. The highest BCUT2D eigenvalue weighted by Gasteiger charge is 2.23. The maximum atomic E-state index is 13.6. The van der Waals surface area contributed by atoms with Gasteiger partial charge in [0, 0.05) is 19.1 Å². The maximum Gasteiger partial charge on any atom is 0.165 e. The van der Waals surface area contributed by atoms with Crippen molar-refractivity contribution in [2.75, 3.05) is 26.7 Å². The molecule has 4 heteroatoms. The quantitative estimate of drug-likeness (QED) is 0.858. The van der Waals surface area contributed by atoms with Crippen LogP contribution in [0.4, 0.5) is 4.39 Å². The van der Waals surface area contributed by atoms with Gasteiger partial charge in [0.05, 0.1) is 7.11 Å². The maximum absolute atomic E-state index is 13.6. The Morgan fingerprint density at radius 1 is 1.47 bits per heavy atom. The molecule has 106 valence electrons. The number of likely N-dealkylation sites (tertiary alicyclic amines) is 1. The van der Waals surface area contributed by atoms with Crippen molar-refractivity contribution in [3.63, 3.8) is 0 Å². The Bertz CT molecular complexity index is 411. The van der Waals surface area contributed by atoms with Crippen LogP contribution in [0.5, 0.6) is 5.75 Å². The smallest absolute Gasteiger partial charge is 0.165 e. The summed E-state index contributed by atoms with van der Waals surface area (Å²) in [5, 5.41) is 0. The minimum Gasteiger partial charge on any atom is -0.494 e. The number of halogens is 1. The molecule has 1 saturated heterocycles. The first-order valence-electron chi connectivity index (χ1n) is 7.01. The molecule has 1 atom stereocenters. The summed E-state index contributed by atoms with van der Waals surface area (Å²) in [6, 6.07) is 5.84. The Kier molecular flexibility index (Phi) is 5.16. The molecule has 0 amide bonds. The van der Waals surface area contributed by atoms with Crippen LogP contribution in [0.3, 0.4) is 0 Å². The molecule has 2 N–H and O–H groups in total. The lowest BCUT2D eigenvalue weighted by atomic mass is 10.0. The predicted molar refractivity (Wildman–Crippen MR) is 74.9 cm³/mol. The van der Waals surface area contributed by atoms with Gasteiger partial charge >= 0.3 is 0 Å². The average Bonchev–Trinajstić information content (AvgIpc) is 2.84. The normalized spacial score (nSPS) is 19.8. The fourth-order valence-corrected chi connectivity index (χ4v) is 2.88. The van der Waals surface area contributed by atoms with Crippen molar-refractivity contribution < 1.29 is 9.13 Å². The van der Waals surface area contributed by atoms with Crippen molar-refractivity contribution in [1.82, 2.24) is 4.90 Å². The highest BCUT2D eigenvalue weighted by Crippen LogP contribution is 2.23. The molecule has 1 heterocycles. The van der Waals surface area contributed by atoms with E-state index in [0.29, 0.717) is 18.3 Å². The Morgan fingerprint density at radius 2 is 2.32 bits per heavy atom. The number of rotatable bonds is 6. The zero-order chi connectivity index (χ0) is 13.7. The molecular weight excluding hydrogens is 243 g/mol. The van der Waals surface area contributed by atoms with Crippen molar-refractivity contribution in [3.8, 4) is 5.75 Å². The second kappa shape index (κ2) is 6.87. The molecule has 0 aromatic heterocycles. The molecule has 3 nitrogen and oxygen atoms in total. The van der Waals surface area contributed by atoms with Crippen molar-refractivity contribution in [2.45, 2.75) is 31.7 Å². The molecule has 1 unspecified atom stereocenters. The molecule has 0 radical (unpaired) electrons. The number of hydrogen-bond donors (Lipinski definition) is 1. The van der Waals surface area contributed by atoms with Crippen LogP contribution in [0.25, 0.3) is 0 Å². The fourth-order valence-electron chi connectivity index (χ4n) is 2.88. The summed E-state index contributed by atoms with van der Waals surface area (Å²) in [4.78, 5) is 2.46. The molecule has 19 heavy (non-hydrogen) atoms. The lowest BCUT2D eigenvalue weighted by Gasteiger charge is -2.23. The summed E-state index contributed by atoms with van der Waals surface area (Å²) in [7, 11) is 1.49. The Balaban J connectivity index is 1.89. The third-order valence-corrected chi connectivity index (χ3v) is 3.90. The van der Waals surface area contributed by atoms with Gasteiger partial charge in [0.2, 0.25) is 0 Å². The summed E-state index contributed by atoms with van der Waals surface area (Å²) in [6.45, 7) is 2.84. The Labute approximate surface area is 114 Å². The van der Waals surface area contributed by atoms with Crippen LogP contribution in [-0.4, -0.2) is 37.7 Å².